The number of amides is 1. The lowest BCUT2D eigenvalue weighted by atomic mass is 10.0. The Morgan fingerprint density at radius 3 is 2.52 bits per heavy atom. The molecule has 1 atom stereocenters. The molecule has 23 heavy (non-hydrogen) atoms. The second-order valence-electron chi connectivity index (χ2n) is 5.76. The molecule has 0 bridgehead atoms. The summed E-state index contributed by atoms with van der Waals surface area (Å²) in [7, 11) is 0. The van der Waals surface area contributed by atoms with Crippen LogP contribution in [0.25, 0.3) is 0 Å². The molecule has 1 unspecified atom stereocenters. The molecule has 4 nitrogen and oxygen atoms in total. The number of benzene rings is 2. The highest BCUT2D eigenvalue weighted by Crippen LogP contribution is 2.12. The van der Waals surface area contributed by atoms with Crippen molar-refractivity contribution in [2.45, 2.75) is 19.9 Å². The molecule has 0 aliphatic carbocycles. The van der Waals surface area contributed by atoms with Crippen LogP contribution in [-0.2, 0) is 0 Å². The molecule has 118 valence electrons. The van der Waals surface area contributed by atoms with Crippen LogP contribution in [0.4, 0.5) is 5.69 Å². The van der Waals surface area contributed by atoms with Crippen molar-refractivity contribution in [1.82, 2.24) is 5.32 Å². The molecule has 0 aliphatic heterocycles. The topological polar surface area (TPSA) is 64.9 Å². The lowest BCUT2D eigenvalue weighted by Crippen LogP contribution is -2.39. The van der Waals surface area contributed by atoms with Crippen molar-refractivity contribution in [2.75, 3.05) is 11.9 Å². The molecule has 0 radical (unpaired) electrons. The normalized spacial score (nSPS) is 11.6. The maximum absolute atomic E-state index is 12.2. The van der Waals surface area contributed by atoms with E-state index < -0.39 is 0 Å². The number of hydrogen-bond acceptors (Lipinski definition) is 3. The predicted octanol–water partition coefficient (Wildman–Crippen LogP) is 3.42. The average Bonchev–Trinajstić information content (AvgIpc) is 2.59. The van der Waals surface area contributed by atoms with Crippen molar-refractivity contribution in [3.05, 3.63) is 65.7 Å². The Bertz CT molecular complexity index is 689. The van der Waals surface area contributed by atoms with Gasteiger partial charge in [-0.2, -0.15) is 5.26 Å². The summed E-state index contributed by atoms with van der Waals surface area (Å²) in [6.45, 7) is 4.74. The van der Waals surface area contributed by atoms with Gasteiger partial charge in [0.1, 0.15) is 0 Å². The average molecular weight is 307 g/mol. The number of para-hydroxylation sites is 1. The number of hydrogen-bond donors (Lipinski definition) is 2. The maximum Gasteiger partial charge on any atom is 0.251 e. The van der Waals surface area contributed by atoms with Gasteiger partial charge in [0.25, 0.3) is 5.91 Å². The number of rotatable bonds is 6. The summed E-state index contributed by atoms with van der Waals surface area (Å²) in [5.41, 5.74) is 2.03. The van der Waals surface area contributed by atoms with Crippen molar-refractivity contribution in [1.29, 1.82) is 5.26 Å². The van der Waals surface area contributed by atoms with Gasteiger partial charge in [0.15, 0.2) is 0 Å². The van der Waals surface area contributed by atoms with Crippen LogP contribution in [0.2, 0.25) is 0 Å². The first kappa shape index (κ1) is 16.6. The van der Waals surface area contributed by atoms with Gasteiger partial charge in [-0.25, -0.2) is 0 Å². The summed E-state index contributed by atoms with van der Waals surface area (Å²) in [6.07, 6.45) is 0. The number of anilines is 1. The van der Waals surface area contributed by atoms with Crippen LogP contribution in [0.3, 0.4) is 0 Å². The maximum atomic E-state index is 12.2. The minimum absolute atomic E-state index is 0.125. The SMILES string of the molecule is CC(C)C(CNC(=O)c1cccc(C#N)c1)Nc1ccccc1. The molecule has 2 rings (SSSR count). The zero-order chi connectivity index (χ0) is 16.7. The van der Waals surface area contributed by atoms with Gasteiger partial charge in [0, 0.05) is 23.8 Å². The van der Waals surface area contributed by atoms with E-state index in [1.807, 2.05) is 36.4 Å². The molecular weight excluding hydrogens is 286 g/mol. The van der Waals surface area contributed by atoms with E-state index in [-0.39, 0.29) is 11.9 Å². The van der Waals surface area contributed by atoms with Crippen LogP contribution in [0.15, 0.2) is 54.6 Å². The van der Waals surface area contributed by atoms with Crippen molar-refractivity contribution in [2.24, 2.45) is 5.92 Å². The fourth-order valence-corrected chi connectivity index (χ4v) is 2.24. The number of carbonyl (C=O) groups excluding carboxylic acids is 1. The standard InChI is InChI=1S/C19H21N3O/c1-14(2)18(22-17-9-4-3-5-10-17)13-21-19(23)16-8-6-7-15(11-16)12-20/h3-11,14,18,22H,13H2,1-2H3,(H,21,23). The molecule has 4 heteroatoms. The third-order valence-electron chi connectivity index (χ3n) is 3.67. The van der Waals surface area contributed by atoms with Crippen molar-refractivity contribution >= 4 is 11.6 Å². The lowest BCUT2D eigenvalue weighted by Gasteiger charge is -2.24. The quantitative estimate of drug-likeness (QED) is 0.859. The van der Waals surface area contributed by atoms with E-state index in [0.29, 0.717) is 23.6 Å². The van der Waals surface area contributed by atoms with Gasteiger partial charge in [-0.15, -0.1) is 0 Å². The summed E-state index contributed by atoms with van der Waals surface area (Å²) >= 11 is 0. The van der Waals surface area contributed by atoms with E-state index in [1.54, 1.807) is 24.3 Å². The molecule has 0 aliphatic rings. The smallest absolute Gasteiger partial charge is 0.251 e. The van der Waals surface area contributed by atoms with Crippen molar-refractivity contribution in [3.8, 4) is 6.07 Å². The Morgan fingerprint density at radius 2 is 1.87 bits per heavy atom. The summed E-state index contributed by atoms with van der Waals surface area (Å²) in [5.74, 6) is 0.198. The van der Waals surface area contributed by atoms with Gasteiger partial charge in [-0.1, -0.05) is 38.1 Å². The summed E-state index contributed by atoms with van der Waals surface area (Å²) in [5, 5.41) is 15.3. The Kier molecular flexibility index (Phi) is 5.76. The number of nitrogens with one attached hydrogen (secondary N) is 2. The van der Waals surface area contributed by atoms with Gasteiger partial charge in [-0.05, 0) is 36.2 Å². The Balaban J connectivity index is 1.98. The summed E-state index contributed by atoms with van der Waals surface area (Å²) < 4.78 is 0. The summed E-state index contributed by atoms with van der Waals surface area (Å²) in [6, 6.07) is 18.8. The van der Waals surface area contributed by atoms with Gasteiger partial charge in [0.05, 0.1) is 11.6 Å². The molecule has 0 saturated heterocycles. The first-order valence-electron chi connectivity index (χ1n) is 7.70. The van der Waals surface area contributed by atoms with E-state index in [0.717, 1.165) is 5.69 Å². The molecule has 2 aromatic rings. The fraction of sp³-hybridized carbons (Fsp3) is 0.263. The summed E-state index contributed by atoms with van der Waals surface area (Å²) in [4.78, 5) is 12.2. The van der Waals surface area contributed by atoms with E-state index in [1.165, 1.54) is 0 Å². The van der Waals surface area contributed by atoms with E-state index >= 15 is 0 Å². The monoisotopic (exact) mass is 307 g/mol. The predicted molar refractivity (Wildman–Crippen MR) is 92.2 cm³/mol. The minimum atomic E-state index is -0.164. The second-order valence-corrected chi connectivity index (χ2v) is 5.76. The lowest BCUT2D eigenvalue weighted by molar-refractivity contribution is 0.0950. The van der Waals surface area contributed by atoms with Gasteiger partial charge in [-0.3, -0.25) is 4.79 Å². The van der Waals surface area contributed by atoms with Crippen LogP contribution in [0, 0.1) is 17.2 Å². The zero-order valence-electron chi connectivity index (χ0n) is 13.4. The fourth-order valence-electron chi connectivity index (χ4n) is 2.24. The van der Waals surface area contributed by atoms with Crippen LogP contribution < -0.4 is 10.6 Å². The van der Waals surface area contributed by atoms with Crippen molar-refractivity contribution < 1.29 is 4.79 Å². The van der Waals surface area contributed by atoms with Gasteiger partial charge in [0.2, 0.25) is 0 Å². The van der Waals surface area contributed by atoms with Crippen molar-refractivity contribution in [3.63, 3.8) is 0 Å². The molecule has 0 heterocycles. The molecule has 2 N–H and O–H groups in total. The van der Waals surface area contributed by atoms with Gasteiger partial charge >= 0.3 is 0 Å². The molecule has 0 fully saturated rings. The first-order chi connectivity index (χ1) is 11.1. The molecule has 0 saturated carbocycles. The van der Waals surface area contributed by atoms with Crippen LogP contribution in [0.1, 0.15) is 29.8 Å². The highest BCUT2D eigenvalue weighted by molar-refractivity contribution is 5.94. The Labute approximate surface area is 137 Å². The first-order valence-corrected chi connectivity index (χ1v) is 7.70. The number of carbonyl (C=O) groups is 1. The number of nitrogens with zero attached hydrogens (tertiary/aromatic N) is 1. The van der Waals surface area contributed by atoms with E-state index in [4.69, 9.17) is 5.26 Å². The van der Waals surface area contributed by atoms with Crippen LogP contribution in [-0.4, -0.2) is 18.5 Å². The Hall–Kier alpha value is -2.80. The molecule has 0 aromatic heterocycles. The van der Waals surface area contributed by atoms with Gasteiger partial charge < -0.3 is 10.6 Å². The van der Waals surface area contributed by atoms with Crippen LogP contribution in [0.5, 0.6) is 0 Å². The molecule has 0 spiro atoms. The molecule has 1 amide bonds. The zero-order valence-corrected chi connectivity index (χ0v) is 13.4. The second kappa shape index (κ2) is 8.00. The third-order valence-corrected chi connectivity index (χ3v) is 3.67. The van der Waals surface area contributed by atoms with Crippen LogP contribution >= 0.6 is 0 Å². The minimum Gasteiger partial charge on any atom is -0.380 e. The van der Waals surface area contributed by atoms with E-state index in [9.17, 15) is 4.79 Å². The molecular formula is C19H21N3O. The number of nitriles is 1. The molecule has 2 aromatic carbocycles. The highest BCUT2D eigenvalue weighted by Gasteiger charge is 2.15. The third kappa shape index (κ3) is 4.86. The highest BCUT2D eigenvalue weighted by atomic mass is 16.1. The Morgan fingerprint density at radius 1 is 1.13 bits per heavy atom. The largest absolute Gasteiger partial charge is 0.380 e. The van der Waals surface area contributed by atoms with E-state index in [2.05, 4.69) is 24.5 Å².